The zero-order chi connectivity index (χ0) is 16.6. The molecule has 22 heavy (non-hydrogen) atoms. The van der Waals surface area contributed by atoms with Gasteiger partial charge in [0.2, 0.25) is 11.8 Å². The fraction of sp³-hybridized carbons (Fsp3) is 0. The predicted molar refractivity (Wildman–Crippen MR) is 63.0 cm³/mol. The molecule has 18 heteroatoms. The van der Waals surface area contributed by atoms with Crippen molar-refractivity contribution in [3.05, 3.63) is 30.6 Å². The molecule has 121 valence electrons. The van der Waals surface area contributed by atoms with Gasteiger partial charge in [-0.1, -0.05) is 0 Å². The molecule has 0 aliphatic rings. The van der Waals surface area contributed by atoms with Crippen molar-refractivity contribution < 1.29 is 31.9 Å². The molecule has 1 radical (unpaired) electrons. The van der Waals surface area contributed by atoms with Crippen LogP contribution < -0.4 is 17.3 Å². The Kier molecular flexibility index (Phi) is 9.02. The van der Waals surface area contributed by atoms with Crippen LogP contribution in [0.2, 0.25) is 0 Å². The first-order chi connectivity index (χ1) is 9.66. The minimum atomic E-state index is -1.75. The normalized spacial score (nSPS) is 8.36. The van der Waals surface area contributed by atoms with Crippen molar-refractivity contribution >= 4 is 11.8 Å². The SMILES string of the molecule is Nc1nonc1-c1nnc(N)n1N.O=[N+]([O-])[O-].O=[N+]([O-])[O-].[Mn+2]. The van der Waals surface area contributed by atoms with Gasteiger partial charge in [0, 0.05) is 0 Å². The Labute approximate surface area is 129 Å². The Morgan fingerprint density at radius 1 is 1.00 bits per heavy atom. The Balaban J connectivity index is 0. The summed E-state index contributed by atoms with van der Waals surface area (Å²) >= 11 is 0. The van der Waals surface area contributed by atoms with Gasteiger partial charge < -0.3 is 48.0 Å². The van der Waals surface area contributed by atoms with Crippen LogP contribution in [-0.2, 0) is 17.1 Å². The largest absolute Gasteiger partial charge is 2.00 e. The van der Waals surface area contributed by atoms with E-state index in [0.717, 1.165) is 4.68 Å². The van der Waals surface area contributed by atoms with E-state index in [0.29, 0.717) is 0 Å². The van der Waals surface area contributed by atoms with Crippen molar-refractivity contribution in [1.29, 1.82) is 0 Å². The number of rotatable bonds is 1. The predicted octanol–water partition coefficient (Wildman–Crippen LogP) is -2.27. The average Bonchev–Trinajstić information content (AvgIpc) is 2.86. The molecule has 0 unspecified atom stereocenters. The standard InChI is InChI=1S/C4H6N8O.Mn.2NO3/c5-2-1(10-13-11-2)3-8-9-4(6)12(3)7;;2*2-1(3)4/h7H2,(H2,5,11)(H2,6,9);;;/q;+2;2*-1. The van der Waals surface area contributed by atoms with Crippen LogP contribution in [-0.4, -0.2) is 35.4 Å². The summed E-state index contributed by atoms with van der Waals surface area (Å²) < 4.78 is 5.40. The first kappa shape index (κ1) is 20.9. The number of nitrogen functional groups attached to an aromatic ring is 3. The summed E-state index contributed by atoms with van der Waals surface area (Å²) in [7, 11) is 0. The quantitative estimate of drug-likeness (QED) is 0.209. The van der Waals surface area contributed by atoms with Crippen LogP contribution in [0.4, 0.5) is 11.8 Å². The van der Waals surface area contributed by atoms with Crippen molar-refractivity contribution in [2.24, 2.45) is 0 Å². The summed E-state index contributed by atoms with van der Waals surface area (Å²) in [5.74, 6) is 5.80. The van der Waals surface area contributed by atoms with Gasteiger partial charge in [-0.15, -0.1) is 10.2 Å². The number of nitrogens with two attached hydrogens (primary N) is 3. The summed E-state index contributed by atoms with van der Waals surface area (Å²) in [6.45, 7) is 0. The number of hydrogen-bond donors (Lipinski definition) is 3. The van der Waals surface area contributed by atoms with Gasteiger partial charge in [-0.3, -0.25) is 0 Å². The third kappa shape index (κ3) is 7.25. The molecule has 2 rings (SSSR count). The fourth-order valence-electron chi connectivity index (χ4n) is 0.816. The second-order valence-corrected chi connectivity index (χ2v) is 2.70. The number of aromatic nitrogens is 5. The van der Waals surface area contributed by atoms with E-state index in [1.54, 1.807) is 0 Å². The molecule has 0 saturated carbocycles. The molecule has 0 bridgehead atoms. The van der Waals surface area contributed by atoms with Crippen LogP contribution in [0.5, 0.6) is 0 Å². The molecule has 0 atom stereocenters. The minimum absolute atomic E-state index is 0. The van der Waals surface area contributed by atoms with Crippen molar-refractivity contribution in [2.45, 2.75) is 0 Å². The average molecular weight is 361 g/mol. The van der Waals surface area contributed by atoms with Crippen molar-refractivity contribution in [3.8, 4) is 11.5 Å². The zero-order valence-electron chi connectivity index (χ0n) is 10.1. The van der Waals surface area contributed by atoms with E-state index in [1.165, 1.54) is 0 Å². The second-order valence-electron chi connectivity index (χ2n) is 2.70. The maximum atomic E-state index is 8.25. The maximum Gasteiger partial charge on any atom is 2.00 e. The number of anilines is 2. The number of hydrogen-bond acceptors (Lipinski definition) is 14. The molecule has 0 amide bonds. The van der Waals surface area contributed by atoms with E-state index in [2.05, 4.69) is 25.1 Å². The summed E-state index contributed by atoms with van der Waals surface area (Å²) in [6.07, 6.45) is 0. The van der Waals surface area contributed by atoms with E-state index in [4.69, 9.17) is 48.0 Å². The fourth-order valence-corrected chi connectivity index (χ4v) is 0.816. The van der Waals surface area contributed by atoms with Gasteiger partial charge in [0.1, 0.15) is 0 Å². The Hall–Kier alpha value is -3.40. The van der Waals surface area contributed by atoms with Gasteiger partial charge >= 0.3 is 17.1 Å². The topological polar surface area (TPSA) is 280 Å². The van der Waals surface area contributed by atoms with Crippen LogP contribution >= 0.6 is 0 Å². The first-order valence-corrected chi connectivity index (χ1v) is 4.34. The smallest absolute Gasteiger partial charge is 0.379 e. The maximum absolute atomic E-state index is 8.25. The van der Waals surface area contributed by atoms with Crippen LogP contribution in [0, 0.1) is 30.6 Å². The minimum Gasteiger partial charge on any atom is -0.379 e. The van der Waals surface area contributed by atoms with Crippen molar-refractivity contribution in [2.75, 3.05) is 17.3 Å². The monoisotopic (exact) mass is 361 g/mol. The molecule has 0 aliphatic carbocycles. The molecular weight excluding hydrogens is 355 g/mol. The number of nitrogens with zero attached hydrogens (tertiary/aromatic N) is 7. The van der Waals surface area contributed by atoms with Gasteiger partial charge in [0.15, 0.2) is 11.5 Å². The Morgan fingerprint density at radius 2 is 1.45 bits per heavy atom. The second kappa shape index (κ2) is 9.49. The Bertz CT molecular complexity index is 590. The van der Waals surface area contributed by atoms with E-state index >= 15 is 0 Å². The molecule has 2 heterocycles. The van der Waals surface area contributed by atoms with Crippen molar-refractivity contribution in [3.63, 3.8) is 0 Å². The molecule has 0 saturated heterocycles. The van der Waals surface area contributed by atoms with E-state index in [1.807, 2.05) is 0 Å². The molecule has 0 fully saturated rings. The third-order valence-electron chi connectivity index (χ3n) is 1.45. The van der Waals surface area contributed by atoms with Crippen LogP contribution in [0.3, 0.4) is 0 Å². The molecule has 6 N–H and O–H groups in total. The molecule has 2 aromatic rings. The summed E-state index contributed by atoms with van der Waals surface area (Å²) in [4.78, 5) is 16.5. The molecule has 0 spiro atoms. The molecule has 17 nitrogen and oxygen atoms in total. The van der Waals surface area contributed by atoms with Gasteiger partial charge in [0.05, 0.1) is 10.2 Å². The van der Waals surface area contributed by atoms with E-state index in [-0.39, 0.29) is 40.4 Å². The van der Waals surface area contributed by atoms with E-state index in [9.17, 15) is 0 Å². The van der Waals surface area contributed by atoms with Crippen LogP contribution in [0.15, 0.2) is 4.63 Å². The summed E-state index contributed by atoms with van der Waals surface area (Å²) in [5, 5.41) is 43.5. The summed E-state index contributed by atoms with van der Waals surface area (Å²) in [6, 6.07) is 0. The first-order valence-electron chi connectivity index (χ1n) is 4.34. The van der Waals surface area contributed by atoms with Gasteiger partial charge in [0.25, 0.3) is 0 Å². The van der Waals surface area contributed by atoms with Crippen LogP contribution in [0.25, 0.3) is 11.5 Å². The molecule has 2 aromatic heterocycles. The molecule has 0 aliphatic heterocycles. The zero-order valence-corrected chi connectivity index (χ0v) is 11.3. The van der Waals surface area contributed by atoms with Crippen LogP contribution in [0.1, 0.15) is 0 Å². The van der Waals surface area contributed by atoms with E-state index < -0.39 is 10.2 Å². The molecule has 0 aromatic carbocycles. The summed E-state index contributed by atoms with van der Waals surface area (Å²) in [5.41, 5.74) is 11.0. The van der Waals surface area contributed by atoms with Gasteiger partial charge in [-0.05, 0) is 10.3 Å². The van der Waals surface area contributed by atoms with Crippen molar-refractivity contribution in [1.82, 2.24) is 25.2 Å². The third-order valence-corrected chi connectivity index (χ3v) is 1.45. The molecular formula is C4H6MnN10O7. The van der Waals surface area contributed by atoms with Gasteiger partial charge in [-0.25, -0.2) is 9.31 Å². The Morgan fingerprint density at radius 3 is 1.73 bits per heavy atom. The van der Waals surface area contributed by atoms with Gasteiger partial charge in [-0.2, -0.15) is 0 Å².